The molecule has 3 aromatic rings. The second kappa shape index (κ2) is 11.1. The van der Waals surface area contributed by atoms with Gasteiger partial charge in [-0.05, 0) is 31.3 Å². The van der Waals surface area contributed by atoms with Gasteiger partial charge in [-0.25, -0.2) is 30.8 Å². The monoisotopic (exact) mass is 479 g/mol. The molecule has 12 heteroatoms. The van der Waals surface area contributed by atoms with Gasteiger partial charge >= 0.3 is 11.9 Å². The van der Waals surface area contributed by atoms with E-state index in [9.17, 15) is 26.8 Å². The Morgan fingerprint density at radius 1 is 1.09 bits per heavy atom. The zero-order valence-corrected chi connectivity index (χ0v) is 18.0. The van der Waals surface area contributed by atoms with Crippen LogP contribution in [-0.4, -0.2) is 46.6 Å². The second-order valence-corrected chi connectivity index (χ2v) is 8.14. The minimum atomic E-state index is -4.13. The number of pyridine rings is 1. The zero-order chi connectivity index (χ0) is 24.6. The van der Waals surface area contributed by atoms with Gasteiger partial charge in [-0.2, -0.15) is 0 Å². The van der Waals surface area contributed by atoms with Gasteiger partial charge in [0.15, 0.2) is 5.82 Å². The average molecular weight is 479 g/mol. The van der Waals surface area contributed by atoms with E-state index in [1.807, 2.05) is 0 Å². The Labute approximate surface area is 187 Å². The van der Waals surface area contributed by atoms with Gasteiger partial charge in [0.2, 0.25) is 0 Å². The molecule has 2 aromatic heterocycles. The summed E-state index contributed by atoms with van der Waals surface area (Å²) < 4.78 is 55.7. The fourth-order valence-corrected chi connectivity index (χ4v) is 4.02. The number of nitrogens with one attached hydrogen (secondary N) is 1. The molecule has 0 aliphatic heterocycles. The second-order valence-electron chi connectivity index (χ2n) is 6.33. The van der Waals surface area contributed by atoms with Gasteiger partial charge in [0, 0.05) is 48.4 Å². The highest BCUT2D eigenvalue weighted by molar-refractivity contribution is 7.90. The molecule has 0 bridgehead atoms. The molecule has 0 atom stereocenters. The number of rotatable bonds is 7. The number of hydrogen-bond acceptors (Lipinski definition) is 6. The zero-order valence-electron chi connectivity index (χ0n) is 17.1. The lowest BCUT2D eigenvalue weighted by Gasteiger charge is -2.11. The highest BCUT2D eigenvalue weighted by atomic mass is 32.2. The Bertz CT molecular complexity index is 1260. The van der Waals surface area contributed by atoms with E-state index in [2.05, 4.69) is 10.3 Å². The molecule has 0 saturated heterocycles. The fraction of sp³-hybridized carbons (Fsp3) is 0.0952. The summed E-state index contributed by atoms with van der Waals surface area (Å²) in [4.78, 5) is 22.8. The highest BCUT2D eigenvalue weighted by Gasteiger charge is 2.27. The first-order valence-electron chi connectivity index (χ1n) is 9.18. The summed E-state index contributed by atoms with van der Waals surface area (Å²) in [7, 11) is -2.53. The van der Waals surface area contributed by atoms with Gasteiger partial charge in [0.05, 0.1) is 0 Å². The molecule has 1 aromatic carbocycles. The Hall–Kier alpha value is -3.90. The van der Waals surface area contributed by atoms with Crippen molar-refractivity contribution in [3.63, 3.8) is 0 Å². The van der Waals surface area contributed by atoms with Gasteiger partial charge in [-0.3, -0.25) is 4.98 Å². The van der Waals surface area contributed by atoms with E-state index < -0.39 is 33.6 Å². The van der Waals surface area contributed by atoms with Crippen molar-refractivity contribution < 1.29 is 37.0 Å². The van der Waals surface area contributed by atoms with Crippen molar-refractivity contribution in [2.75, 3.05) is 7.05 Å². The fourth-order valence-electron chi connectivity index (χ4n) is 2.66. The topological polar surface area (TPSA) is 139 Å². The van der Waals surface area contributed by atoms with Crippen molar-refractivity contribution in [2.45, 2.75) is 11.4 Å². The van der Waals surface area contributed by atoms with Gasteiger partial charge in [-0.15, -0.1) is 0 Å². The number of aromatic nitrogens is 2. The van der Waals surface area contributed by atoms with Crippen LogP contribution in [-0.2, 0) is 26.2 Å². The van der Waals surface area contributed by atoms with E-state index >= 15 is 0 Å². The standard InChI is InChI=1S/C17H15F2N3O2S.C4H4O4/c1-20-9-12-11-22(25(23,24)13-5-4-8-21-10-13)17(16(12)19)14-6-2-3-7-15(14)18;5-3(6)1-2-4(7)8/h2-8,10-11,20H,9H2,1H3;1-2H,(H,5,6)(H,7,8). The average Bonchev–Trinajstić information content (AvgIpc) is 3.11. The quantitative estimate of drug-likeness (QED) is 0.440. The van der Waals surface area contributed by atoms with Crippen molar-refractivity contribution >= 4 is 22.0 Å². The molecule has 33 heavy (non-hydrogen) atoms. The molecule has 0 spiro atoms. The van der Waals surface area contributed by atoms with E-state index in [0.717, 1.165) is 22.4 Å². The predicted molar refractivity (Wildman–Crippen MR) is 114 cm³/mol. The maximum Gasteiger partial charge on any atom is 0.328 e. The lowest BCUT2D eigenvalue weighted by atomic mass is 10.1. The summed E-state index contributed by atoms with van der Waals surface area (Å²) in [6.45, 7) is 0.100. The van der Waals surface area contributed by atoms with Gasteiger partial charge in [0.1, 0.15) is 16.4 Å². The third kappa shape index (κ3) is 6.30. The van der Waals surface area contributed by atoms with Crippen molar-refractivity contribution in [2.24, 2.45) is 0 Å². The molecule has 0 aliphatic rings. The summed E-state index contributed by atoms with van der Waals surface area (Å²) in [6.07, 6.45) is 4.87. The highest BCUT2D eigenvalue weighted by Crippen LogP contribution is 2.32. The van der Waals surface area contributed by atoms with Crippen molar-refractivity contribution in [3.05, 3.63) is 84.3 Å². The first-order valence-corrected chi connectivity index (χ1v) is 10.6. The molecule has 0 saturated carbocycles. The van der Waals surface area contributed by atoms with E-state index in [1.165, 1.54) is 36.5 Å². The number of nitrogens with zero attached hydrogens (tertiary/aromatic N) is 2. The number of hydrogen-bond donors (Lipinski definition) is 3. The largest absolute Gasteiger partial charge is 0.478 e. The number of carboxylic acids is 2. The SMILES string of the molecule is CNCc1cn(S(=O)(=O)c2cccnc2)c(-c2ccccc2F)c1F.O=C(O)C=CC(=O)O. The number of aliphatic carboxylic acids is 2. The van der Waals surface area contributed by atoms with Crippen LogP contribution in [0.4, 0.5) is 8.78 Å². The smallest absolute Gasteiger partial charge is 0.328 e. The summed E-state index contributed by atoms with van der Waals surface area (Å²) in [5, 5.41) is 18.4. The molecule has 0 fully saturated rings. The van der Waals surface area contributed by atoms with Crippen LogP contribution in [0.5, 0.6) is 0 Å². The molecule has 0 aliphatic carbocycles. The van der Waals surface area contributed by atoms with Crippen LogP contribution in [0.1, 0.15) is 5.56 Å². The molecule has 9 nitrogen and oxygen atoms in total. The van der Waals surface area contributed by atoms with Gasteiger partial charge in [-0.1, -0.05) is 12.1 Å². The summed E-state index contributed by atoms with van der Waals surface area (Å²) >= 11 is 0. The van der Waals surface area contributed by atoms with Crippen LogP contribution >= 0.6 is 0 Å². The van der Waals surface area contributed by atoms with E-state index in [0.29, 0.717) is 12.2 Å². The third-order valence-electron chi connectivity index (χ3n) is 4.04. The maximum absolute atomic E-state index is 14.9. The van der Waals surface area contributed by atoms with Crippen molar-refractivity contribution in [1.29, 1.82) is 0 Å². The number of carboxylic acid groups (broad SMARTS) is 2. The minimum Gasteiger partial charge on any atom is -0.478 e. The molecular weight excluding hydrogens is 460 g/mol. The Balaban J connectivity index is 0.000000414. The van der Waals surface area contributed by atoms with Crippen LogP contribution < -0.4 is 5.32 Å². The summed E-state index contributed by atoms with van der Waals surface area (Å²) in [5.41, 5.74) is -0.352. The van der Waals surface area contributed by atoms with Crippen molar-refractivity contribution in [1.82, 2.24) is 14.3 Å². The van der Waals surface area contributed by atoms with Crippen LogP contribution in [0, 0.1) is 11.6 Å². The van der Waals surface area contributed by atoms with Gasteiger partial charge < -0.3 is 15.5 Å². The number of benzene rings is 1. The number of halogens is 2. The third-order valence-corrected chi connectivity index (χ3v) is 5.68. The van der Waals surface area contributed by atoms with E-state index in [-0.39, 0.29) is 28.3 Å². The first-order chi connectivity index (χ1) is 15.6. The molecule has 2 heterocycles. The summed E-state index contributed by atoms with van der Waals surface area (Å²) in [6, 6.07) is 8.28. The molecule has 0 radical (unpaired) electrons. The first kappa shape index (κ1) is 25.4. The Morgan fingerprint density at radius 2 is 1.73 bits per heavy atom. The van der Waals surface area contributed by atoms with Gasteiger partial charge in [0.25, 0.3) is 10.0 Å². The normalized spacial score (nSPS) is 11.1. The van der Waals surface area contributed by atoms with E-state index in [4.69, 9.17) is 10.2 Å². The molecule has 0 amide bonds. The molecule has 0 unspecified atom stereocenters. The molecule has 3 rings (SSSR count). The Kier molecular flexibility index (Phi) is 8.54. The van der Waals surface area contributed by atoms with Crippen LogP contribution in [0.25, 0.3) is 11.3 Å². The summed E-state index contributed by atoms with van der Waals surface area (Å²) in [5.74, 6) is -4.01. The van der Waals surface area contributed by atoms with E-state index in [1.54, 1.807) is 7.05 Å². The minimum absolute atomic E-state index is 0.100. The maximum atomic E-state index is 14.9. The Morgan fingerprint density at radius 3 is 2.24 bits per heavy atom. The lowest BCUT2D eigenvalue weighted by Crippen LogP contribution is -2.14. The number of carbonyl (C=O) groups is 2. The molecule has 174 valence electrons. The van der Waals surface area contributed by atoms with Crippen LogP contribution in [0.3, 0.4) is 0 Å². The van der Waals surface area contributed by atoms with Crippen molar-refractivity contribution in [3.8, 4) is 11.3 Å². The molecular formula is C21H19F2N3O6S. The lowest BCUT2D eigenvalue weighted by molar-refractivity contribution is -0.134. The van der Waals surface area contributed by atoms with Crippen LogP contribution in [0.15, 0.2) is 72.0 Å². The predicted octanol–water partition coefficient (Wildman–Crippen LogP) is 2.50. The van der Waals surface area contributed by atoms with Crippen LogP contribution in [0.2, 0.25) is 0 Å². The molecule has 3 N–H and O–H groups in total.